The Balaban J connectivity index is 1.62. The fraction of sp³-hybridized carbons (Fsp3) is 0.364. The van der Waals surface area contributed by atoms with Crippen LogP contribution in [0.25, 0.3) is 0 Å². The second-order valence-electron chi connectivity index (χ2n) is 6.73. The average Bonchev–Trinajstić information content (AvgIpc) is 3.20. The van der Waals surface area contributed by atoms with Gasteiger partial charge < -0.3 is 19.7 Å². The average molecular weight is 382 g/mol. The van der Waals surface area contributed by atoms with Crippen LogP contribution >= 0.6 is 0 Å². The molecule has 6 heteroatoms. The number of likely N-dealkylation sites (tertiary alicyclic amines) is 1. The first-order chi connectivity index (χ1) is 13.6. The second kappa shape index (κ2) is 9.26. The van der Waals surface area contributed by atoms with E-state index < -0.39 is 0 Å². The summed E-state index contributed by atoms with van der Waals surface area (Å²) < 4.78 is 10.2. The number of methoxy groups -OCH3 is 1. The van der Waals surface area contributed by atoms with E-state index in [0.29, 0.717) is 12.3 Å². The molecule has 1 aliphatic rings. The van der Waals surface area contributed by atoms with Crippen molar-refractivity contribution in [2.45, 2.75) is 32.2 Å². The summed E-state index contributed by atoms with van der Waals surface area (Å²) in [6.45, 7) is 2.88. The number of anilines is 1. The van der Waals surface area contributed by atoms with Crippen LogP contribution in [0.5, 0.6) is 5.75 Å². The van der Waals surface area contributed by atoms with E-state index in [1.807, 2.05) is 53.4 Å². The summed E-state index contributed by atoms with van der Waals surface area (Å²) in [6, 6.07) is 15.1. The van der Waals surface area contributed by atoms with Gasteiger partial charge in [-0.15, -0.1) is 0 Å². The first kappa shape index (κ1) is 19.7. The van der Waals surface area contributed by atoms with E-state index in [-0.39, 0.29) is 24.5 Å². The van der Waals surface area contributed by atoms with Crippen molar-refractivity contribution in [1.29, 1.82) is 0 Å². The van der Waals surface area contributed by atoms with Crippen molar-refractivity contribution in [1.82, 2.24) is 4.90 Å². The predicted octanol–water partition coefficient (Wildman–Crippen LogP) is 4.17. The molecule has 0 aliphatic carbocycles. The van der Waals surface area contributed by atoms with Crippen LogP contribution in [0.15, 0.2) is 48.5 Å². The number of nitrogens with one attached hydrogen (secondary N) is 1. The van der Waals surface area contributed by atoms with Crippen LogP contribution < -0.4 is 10.1 Å². The topological polar surface area (TPSA) is 67.9 Å². The maximum Gasteiger partial charge on any atom is 0.322 e. The highest BCUT2D eigenvalue weighted by Gasteiger charge is 2.30. The Hall–Kier alpha value is -3.02. The van der Waals surface area contributed by atoms with Crippen molar-refractivity contribution < 1.29 is 19.1 Å². The standard InChI is InChI=1S/C22H26N2O4/c1-3-28-21(25)15-16-6-10-18(11-7-16)23-22(26)24-14-4-5-20(24)17-8-12-19(27-2)13-9-17/h6-13,20H,3-5,14-15H2,1-2H3,(H,23,26). The zero-order valence-electron chi connectivity index (χ0n) is 16.3. The fourth-order valence-electron chi connectivity index (χ4n) is 3.46. The quantitative estimate of drug-likeness (QED) is 0.762. The number of rotatable bonds is 6. The van der Waals surface area contributed by atoms with Gasteiger partial charge in [0.2, 0.25) is 0 Å². The first-order valence-electron chi connectivity index (χ1n) is 9.57. The van der Waals surface area contributed by atoms with E-state index in [4.69, 9.17) is 9.47 Å². The van der Waals surface area contributed by atoms with Gasteiger partial charge in [0.1, 0.15) is 5.75 Å². The predicted molar refractivity (Wildman–Crippen MR) is 107 cm³/mol. The second-order valence-corrected chi connectivity index (χ2v) is 6.73. The lowest BCUT2D eigenvalue weighted by Gasteiger charge is -2.25. The van der Waals surface area contributed by atoms with Crippen LogP contribution in [-0.2, 0) is 16.0 Å². The summed E-state index contributed by atoms with van der Waals surface area (Å²) in [4.78, 5) is 26.2. The third-order valence-corrected chi connectivity index (χ3v) is 4.87. The summed E-state index contributed by atoms with van der Waals surface area (Å²) in [5, 5.41) is 2.96. The van der Waals surface area contributed by atoms with Crippen LogP contribution in [0.4, 0.5) is 10.5 Å². The number of ether oxygens (including phenoxy) is 2. The number of nitrogens with zero attached hydrogens (tertiary/aromatic N) is 1. The lowest BCUT2D eigenvalue weighted by atomic mass is 10.0. The molecule has 148 valence electrons. The number of hydrogen-bond donors (Lipinski definition) is 1. The van der Waals surface area contributed by atoms with E-state index in [0.717, 1.165) is 36.3 Å². The Morgan fingerprint density at radius 2 is 1.82 bits per heavy atom. The van der Waals surface area contributed by atoms with Crippen LogP contribution in [-0.4, -0.2) is 37.2 Å². The maximum atomic E-state index is 12.8. The van der Waals surface area contributed by atoms with E-state index in [2.05, 4.69) is 5.32 Å². The van der Waals surface area contributed by atoms with Gasteiger partial charge in [-0.3, -0.25) is 4.79 Å². The molecule has 1 saturated heterocycles. The van der Waals surface area contributed by atoms with Crippen molar-refractivity contribution in [3.05, 3.63) is 59.7 Å². The summed E-state index contributed by atoms with van der Waals surface area (Å²) in [6.07, 6.45) is 2.15. The van der Waals surface area contributed by atoms with E-state index in [1.54, 1.807) is 14.0 Å². The van der Waals surface area contributed by atoms with Crippen LogP contribution in [0.2, 0.25) is 0 Å². The molecule has 0 bridgehead atoms. The van der Waals surface area contributed by atoms with E-state index in [9.17, 15) is 9.59 Å². The molecule has 0 saturated carbocycles. The number of amides is 2. The Labute approximate surface area is 165 Å². The minimum absolute atomic E-state index is 0.0639. The maximum absolute atomic E-state index is 12.8. The van der Waals surface area contributed by atoms with Crippen molar-refractivity contribution in [3.63, 3.8) is 0 Å². The van der Waals surface area contributed by atoms with E-state index >= 15 is 0 Å². The van der Waals surface area contributed by atoms with Crippen LogP contribution in [0, 0.1) is 0 Å². The molecule has 6 nitrogen and oxygen atoms in total. The third kappa shape index (κ3) is 4.82. The van der Waals surface area contributed by atoms with Gasteiger partial charge in [-0.05, 0) is 55.2 Å². The molecule has 1 unspecified atom stereocenters. The third-order valence-electron chi connectivity index (χ3n) is 4.87. The minimum atomic E-state index is -0.251. The fourth-order valence-corrected chi connectivity index (χ4v) is 3.46. The van der Waals surface area contributed by atoms with Crippen LogP contribution in [0.3, 0.4) is 0 Å². The lowest BCUT2D eigenvalue weighted by molar-refractivity contribution is -0.142. The molecule has 1 fully saturated rings. The van der Waals surface area contributed by atoms with Gasteiger partial charge in [-0.2, -0.15) is 0 Å². The molecule has 2 amide bonds. The van der Waals surface area contributed by atoms with Crippen molar-refractivity contribution >= 4 is 17.7 Å². The monoisotopic (exact) mass is 382 g/mol. The molecule has 1 heterocycles. The molecule has 28 heavy (non-hydrogen) atoms. The number of hydrogen-bond acceptors (Lipinski definition) is 4. The first-order valence-corrected chi connectivity index (χ1v) is 9.57. The largest absolute Gasteiger partial charge is 0.497 e. The molecule has 0 aromatic heterocycles. The highest BCUT2D eigenvalue weighted by atomic mass is 16.5. The van der Waals surface area contributed by atoms with Gasteiger partial charge in [0.25, 0.3) is 0 Å². The molecule has 1 aliphatic heterocycles. The number of benzene rings is 2. The summed E-state index contributed by atoms with van der Waals surface area (Å²) in [7, 11) is 1.64. The molecule has 1 N–H and O–H groups in total. The number of urea groups is 1. The minimum Gasteiger partial charge on any atom is -0.497 e. The highest BCUT2D eigenvalue weighted by molar-refractivity contribution is 5.90. The Bertz CT molecular complexity index is 802. The summed E-state index contributed by atoms with van der Waals surface area (Å²) in [5.74, 6) is 0.555. The molecule has 2 aromatic carbocycles. The van der Waals surface area contributed by atoms with Crippen molar-refractivity contribution in [2.75, 3.05) is 25.6 Å². The number of carbonyl (C=O) groups is 2. The number of esters is 1. The van der Waals surface area contributed by atoms with Gasteiger partial charge in [-0.1, -0.05) is 24.3 Å². The zero-order chi connectivity index (χ0) is 19.9. The molecule has 0 radical (unpaired) electrons. The van der Waals surface area contributed by atoms with E-state index in [1.165, 1.54) is 0 Å². The van der Waals surface area contributed by atoms with Crippen molar-refractivity contribution in [2.24, 2.45) is 0 Å². The Morgan fingerprint density at radius 3 is 2.46 bits per heavy atom. The smallest absolute Gasteiger partial charge is 0.322 e. The molecule has 0 spiro atoms. The normalized spacial score (nSPS) is 15.9. The molecular formula is C22H26N2O4. The Morgan fingerprint density at radius 1 is 1.11 bits per heavy atom. The highest BCUT2D eigenvalue weighted by Crippen LogP contribution is 2.33. The van der Waals surface area contributed by atoms with Gasteiger partial charge in [0, 0.05) is 12.2 Å². The number of carbonyl (C=O) groups excluding carboxylic acids is 2. The molecular weight excluding hydrogens is 356 g/mol. The van der Waals surface area contributed by atoms with Gasteiger partial charge >= 0.3 is 12.0 Å². The Kier molecular flexibility index (Phi) is 6.53. The molecule has 3 rings (SSSR count). The summed E-state index contributed by atoms with van der Waals surface area (Å²) >= 11 is 0. The molecule has 1 atom stereocenters. The van der Waals surface area contributed by atoms with Gasteiger partial charge in [0.05, 0.1) is 26.2 Å². The van der Waals surface area contributed by atoms with Gasteiger partial charge in [-0.25, -0.2) is 4.79 Å². The zero-order valence-corrected chi connectivity index (χ0v) is 16.3. The lowest BCUT2D eigenvalue weighted by Crippen LogP contribution is -2.34. The van der Waals surface area contributed by atoms with Crippen LogP contribution in [0.1, 0.15) is 36.9 Å². The SMILES string of the molecule is CCOC(=O)Cc1ccc(NC(=O)N2CCCC2c2ccc(OC)cc2)cc1. The van der Waals surface area contributed by atoms with Gasteiger partial charge in [0.15, 0.2) is 0 Å². The molecule has 2 aromatic rings. The summed E-state index contributed by atoms with van der Waals surface area (Å²) in [5.41, 5.74) is 2.67. The van der Waals surface area contributed by atoms with Crippen molar-refractivity contribution in [3.8, 4) is 5.75 Å².